The summed E-state index contributed by atoms with van der Waals surface area (Å²) in [5.41, 5.74) is 0. The van der Waals surface area contributed by atoms with E-state index in [0.29, 0.717) is 10.7 Å². The lowest BCUT2D eigenvalue weighted by molar-refractivity contribution is -0.889. The average molecular weight is 466 g/mol. The van der Waals surface area contributed by atoms with Crippen molar-refractivity contribution in [3.8, 4) is 0 Å². The minimum atomic E-state index is -3.67. The van der Waals surface area contributed by atoms with E-state index in [4.69, 9.17) is 4.55 Å². The molecule has 188 valence electrons. The van der Waals surface area contributed by atoms with Gasteiger partial charge in [0.05, 0.1) is 33.4 Å². The molecule has 0 aliphatic rings. The summed E-state index contributed by atoms with van der Waals surface area (Å²) in [4.78, 5) is 11.2. The van der Waals surface area contributed by atoms with Crippen LogP contribution in [0.4, 0.5) is 0 Å². The minimum absolute atomic E-state index is 0.373. The Morgan fingerprint density at radius 2 is 1.00 bits per heavy atom. The fraction of sp³-hybridized carbons (Fsp3) is 0.958. The van der Waals surface area contributed by atoms with Crippen LogP contribution in [0.1, 0.15) is 116 Å². The number of unbranched alkanes of at least 4 members (excludes halogenated alkanes) is 15. The first-order valence-electron chi connectivity index (χ1n) is 12.3. The van der Waals surface area contributed by atoms with Gasteiger partial charge >= 0.3 is 0 Å². The summed E-state index contributed by atoms with van der Waals surface area (Å²) in [6.07, 6.45) is 23.0. The van der Waals surface area contributed by atoms with Crippen molar-refractivity contribution in [1.82, 2.24) is 0 Å². The van der Waals surface area contributed by atoms with Gasteiger partial charge < -0.3 is 14.4 Å². The van der Waals surface area contributed by atoms with Crippen molar-refractivity contribution in [3.63, 3.8) is 0 Å². The van der Waals surface area contributed by atoms with Gasteiger partial charge in [-0.1, -0.05) is 103 Å². The van der Waals surface area contributed by atoms with E-state index < -0.39 is 16.1 Å². The van der Waals surface area contributed by atoms with Crippen molar-refractivity contribution in [2.45, 2.75) is 122 Å². The topological polar surface area (TPSA) is 94.5 Å². The number of quaternary nitrogens is 1. The highest BCUT2D eigenvalue weighted by Gasteiger charge is 2.24. The molecule has 0 radical (unpaired) electrons. The molecule has 0 aliphatic carbocycles. The van der Waals surface area contributed by atoms with Crippen molar-refractivity contribution >= 4 is 16.1 Å². The molecular formula is C24H51NO5S. The molecule has 0 heterocycles. The van der Waals surface area contributed by atoms with E-state index in [0.717, 1.165) is 19.3 Å². The maximum Gasteiger partial charge on any atom is 0.261 e. The fourth-order valence-electron chi connectivity index (χ4n) is 3.71. The van der Waals surface area contributed by atoms with Crippen LogP contribution in [0.25, 0.3) is 0 Å². The largest absolute Gasteiger partial charge is 0.544 e. The van der Waals surface area contributed by atoms with Crippen molar-refractivity contribution in [2.24, 2.45) is 0 Å². The first kappa shape index (κ1) is 32.5. The average Bonchev–Trinajstić information content (AvgIpc) is 2.61. The molecule has 0 rings (SSSR count). The molecule has 7 heteroatoms. The predicted octanol–water partition coefficient (Wildman–Crippen LogP) is 4.97. The van der Waals surface area contributed by atoms with E-state index in [1.165, 1.54) is 89.9 Å². The molecule has 0 aliphatic heterocycles. The molecule has 0 aromatic rings. The standard InChI is InChI=1S/C23H47NO2.CH4O3S/c1-5-6-7-8-9-10-11-12-13-14-15-16-17-18-19-20-21-22(23(25)26)24(2,3)4;1-5(2,3)4/h22H,5-21H2,1-4H3;1H3,(H,2,3,4). The molecule has 31 heavy (non-hydrogen) atoms. The minimum Gasteiger partial charge on any atom is -0.544 e. The van der Waals surface area contributed by atoms with E-state index >= 15 is 0 Å². The van der Waals surface area contributed by atoms with Crippen molar-refractivity contribution in [3.05, 3.63) is 0 Å². The van der Waals surface area contributed by atoms with Gasteiger partial charge in [-0.05, 0) is 6.42 Å². The van der Waals surface area contributed by atoms with Crippen LogP contribution >= 0.6 is 0 Å². The molecule has 1 atom stereocenters. The number of aliphatic carboxylic acids is 1. The Kier molecular flexibility index (Phi) is 21.0. The highest BCUT2D eigenvalue weighted by molar-refractivity contribution is 7.85. The Morgan fingerprint density at radius 1 is 0.742 bits per heavy atom. The monoisotopic (exact) mass is 465 g/mol. The number of carboxylic acids is 1. The van der Waals surface area contributed by atoms with Crippen molar-refractivity contribution in [2.75, 3.05) is 27.4 Å². The molecule has 0 fully saturated rings. The van der Waals surface area contributed by atoms with Gasteiger partial charge in [-0.3, -0.25) is 4.55 Å². The van der Waals surface area contributed by atoms with Gasteiger partial charge in [0.15, 0.2) is 0 Å². The summed E-state index contributed by atoms with van der Waals surface area (Å²) in [6.45, 7) is 2.28. The number of carboxylic acid groups (broad SMARTS) is 1. The Labute approximate surface area is 193 Å². The second-order valence-electron chi connectivity index (χ2n) is 9.78. The lowest BCUT2D eigenvalue weighted by atomic mass is 10.0. The van der Waals surface area contributed by atoms with Crippen LogP contribution in [0.3, 0.4) is 0 Å². The normalized spacial score (nSPS) is 12.8. The van der Waals surface area contributed by atoms with Crippen molar-refractivity contribution < 1.29 is 27.4 Å². The lowest BCUT2D eigenvalue weighted by Crippen LogP contribution is -2.54. The molecule has 1 N–H and O–H groups in total. The maximum atomic E-state index is 11.2. The Balaban J connectivity index is 0. The fourth-order valence-corrected chi connectivity index (χ4v) is 3.71. The van der Waals surface area contributed by atoms with Gasteiger partial charge in [-0.15, -0.1) is 0 Å². The summed E-state index contributed by atoms with van der Waals surface area (Å²) >= 11 is 0. The molecule has 0 aromatic heterocycles. The maximum absolute atomic E-state index is 11.2. The molecule has 0 bridgehead atoms. The van der Waals surface area contributed by atoms with E-state index in [1.807, 2.05) is 21.1 Å². The van der Waals surface area contributed by atoms with Gasteiger partial charge in [0.25, 0.3) is 10.1 Å². The van der Waals surface area contributed by atoms with E-state index in [2.05, 4.69) is 6.92 Å². The quantitative estimate of drug-likeness (QED) is 0.165. The van der Waals surface area contributed by atoms with Crippen LogP contribution in [0, 0.1) is 0 Å². The highest BCUT2D eigenvalue weighted by atomic mass is 32.2. The SMILES string of the molecule is CCCCCCCCCCCCCCCCCCC(C(=O)[O-])[N+](C)(C)C.CS(=O)(=O)O. The Bertz CT molecular complexity index is 507. The highest BCUT2D eigenvalue weighted by Crippen LogP contribution is 2.16. The molecule has 6 nitrogen and oxygen atoms in total. The van der Waals surface area contributed by atoms with Crippen LogP contribution in [0.5, 0.6) is 0 Å². The van der Waals surface area contributed by atoms with Gasteiger partial charge in [-0.25, -0.2) is 0 Å². The predicted molar refractivity (Wildman–Crippen MR) is 128 cm³/mol. The number of hydrogen-bond donors (Lipinski definition) is 1. The summed E-state index contributed by atoms with van der Waals surface area (Å²) in [7, 11) is 2.15. The third-order valence-corrected chi connectivity index (χ3v) is 5.54. The van der Waals surface area contributed by atoms with Gasteiger partial charge in [0, 0.05) is 6.42 Å². The van der Waals surface area contributed by atoms with E-state index in [9.17, 15) is 18.3 Å². The summed E-state index contributed by atoms with van der Waals surface area (Å²) < 4.78 is 26.3. The number of nitrogens with zero attached hydrogens (tertiary/aromatic N) is 1. The number of hydrogen-bond acceptors (Lipinski definition) is 4. The Hall–Kier alpha value is -0.660. The second-order valence-corrected chi connectivity index (χ2v) is 11.2. The van der Waals surface area contributed by atoms with E-state index in [1.54, 1.807) is 0 Å². The summed E-state index contributed by atoms with van der Waals surface area (Å²) in [5.74, 6) is -0.904. The molecule has 0 saturated carbocycles. The number of carbonyl (C=O) groups is 1. The number of rotatable bonds is 19. The van der Waals surface area contributed by atoms with Crippen LogP contribution < -0.4 is 5.11 Å². The zero-order valence-electron chi connectivity index (χ0n) is 21.0. The molecule has 1 unspecified atom stereocenters. The summed E-state index contributed by atoms with van der Waals surface area (Å²) in [6, 6.07) is -0.373. The van der Waals surface area contributed by atoms with Crippen LogP contribution in [0.15, 0.2) is 0 Å². The van der Waals surface area contributed by atoms with Crippen LogP contribution in [-0.4, -0.2) is 56.9 Å². The molecule has 0 amide bonds. The third-order valence-electron chi connectivity index (χ3n) is 5.54. The van der Waals surface area contributed by atoms with Gasteiger partial charge in [0.2, 0.25) is 0 Å². The summed E-state index contributed by atoms with van der Waals surface area (Å²) in [5, 5.41) is 11.2. The third kappa shape index (κ3) is 29.3. The first-order valence-corrected chi connectivity index (χ1v) is 14.2. The van der Waals surface area contributed by atoms with Gasteiger partial charge in [-0.2, -0.15) is 8.42 Å². The molecule has 0 saturated heterocycles. The molecular weight excluding hydrogens is 414 g/mol. The molecule has 0 aromatic carbocycles. The first-order chi connectivity index (χ1) is 14.4. The van der Waals surface area contributed by atoms with Crippen LogP contribution in [-0.2, 0) is 14.9 Å². The van der Waals surface area contributed by atoms with Crippen LogP contribution in [0.2, 0.25) is 0 Å². The Morgan fingerprint density at radius 3 is 1.23 bits per heavy atom. The lowest BCUT2D eigenvalue weighted by Gasteiger charge is -2.34. The van der Waals surface area contributed by atoms with E-state index in [-0.39, 0.29) is 6.04 Å². The smallest absolute Gasteiger partial charge is 0.261 e. The number of carbonyl (C=O) groups excluding carboxylic acids is 1. The van der Waals surface area contributed by atoms with Crippen molar-refractivity contribution in [1.29, 1.82) is 0 Å². The second kappa shape index (κ2) is 20.0. The molecule has 0 spiro atoms. The zero-order valence-corrected chi connectivity index (χ0v) is 21.9. The van der Waals surface area contributed by atoms with Gasteiger partial charge in [0.1, 0.15) is 6.04 Å². The zero-order chi connectivity index (χ0) is 24.2. The number of likely N-dealkylation sites (N-methyl/N-ethyl adjacent to an activating group) is 1.